The van der Waals surface area contributed by atoms with Crippen molar-refractivity contribution >= 4 is 5.97 Å². The van der Waals surface area contributed by atoms with Crippen LogP contribution in [0.1, 0.15) is 12.5 Å². The second-order valence-corrected chi connectivity index (χ2v) is 2.82. The minimum Gasteiger partial charge on any atom is -0.461 e. The Morgan fingerprint density at radius 1 is 1.50 bits per heavy atom. The maximum Gasteiger partial charge on any atom is 0.381 e. The van der Waals surface area contributed by atoms with Crippen molar-refractivity contribution in [2.75, 3.05) is 6.61 Å². The maximum absolute atomic E-state index is 13.1. The Morgan fingerprint density at radius 3 is 2.62 bits per heavy atom. The van der Waals surface area contributed by atoms with Crippen LogP contribution in [0, 0.1) is 11.3 Å². The fourth-order valence-corrected chi connectivity index (χ4v) is 0.983. The van der Waals surface area contributed by atoms with Gasteiger partial charge >= 0.3 is 12.3 Å². The number of benzene rings is 1. The standard InChI is InChI=1S/C11H10FNO3/c1-2-15-11(14)10(12)16-9-5-3-8(7-13)4-6-9/h3-6,10H,2H2,1H3. The van der Waals surface area contributed by atoms with Crippen LogP contribution in [-0.2, 0) is 9.53 Å². The number of ether oxygens (including phenoxy) is 2. The minimum atomic E-state index is -2.15. The van der Waals surface area contributed by atoms with Crippen molar-refractivity contribution < 1.29 is 18.7 Å². The van der Waals surface area contributed by atoms with Crippen molar-refractivity contribution in [3.8, 4) is 11.8 Å². The Morgan fingerprint density at radius 2 is 2.12 bits per heavy atom. The van der Waals surface area contributed by atoms with Crippen LogP contribution < -0.4 is 4.74 Å². The lowest BCUT2D eigenvalue weighted by Crippen LogP contribution is -2.24. The molecule has 1 aromatic carbocycles. The van der Waals surface area contributed by atoms with Crippen molar-refractivity contribution in [2.45, 2.75) is 13.3 Å². The second-order valence-electron chi connectivity index (χ2n) is 2.82. The third-order valence-corrected chi connectivity index (χ3v) is 1.69. The van der Waals surface area contributed by atoms with Gasteiger partial charge in [-0.2, -0.15) is 9.65 Å². The number of carbonyl (C=O) groups excluding carboxylic acids is 1. The summed E-state index contributed by atoms with van der Waals surface area (Å²) in [4.78, 5) is 10.9. The molecule has 0 radical (unpaired) electrons. The Kier molecular flexibility index (Phi) is 4.28. The Hall–Kier alpha value is -2.09. The van der Waals surface area contributed by atoms with E-state index in [4.69, 9.17) is 5.26 Å². The Labute approximate surface area is 92.2 Å². The fourth-order valence-electron chi connectivity index (χ4n) is 0.983. The fraction of sp³-hybridized carbons (Fsp3) is 0.273. The van der Waals surface area contributed by atoms with E-state index in [0.29, 0.717) is 5.56 Å². The average molecular weight is 223 g/mol. The third kappa shape index (κ3) is 3.24. The van der Waals surface area contributed by atoms with Gasteiger partial charge in [-0.15, -0.1) is 0 Å². The van der Waals surface area contributed by atoms with Gasteiger partial charge < -0.3 is 9.47 Å². The van der Waals surface area contributed by atoms with Crippen molar-refractivity contribution in [2.24, 2.45) is 0 Å². The zero-order chi connectivity index (χ0) is 12.0. The zero-order valence-electron chi connectivity index (χ0n) is 8.64. The summed E-state index contributed by atoms with van der Waals surface area (Å²) in [6.07, 6.45) is -2.15. The molecule has 1 aromatic rings. The van der Waals surface area contributed by atoms with Crippen LogP contribution in [0.15, 0.2) is 24.3 Å². The van der Waals surface area contributed by atoms with Crippen molar-refractivity contribution in [3.05, 3.63) is 29.8 Å². The van der Waals surface area contributed by atoms with Gasteiger partial charge in [-0.3, -0.25) is 0 Å². The number of halogens is 1. The van der Waals surface area contributed by atoms with Gasteiger partial charge in [0.15, 0.2) is 0 Å². The first-order valence-electron chi connectivity index (χ1n) is 4.65. The van der Waals surface area contributed by atoms with Gasteiger partial charge in [0.2, 0.25) is 0 Å². The summed E-state index contributed by atoms with van der Waals surface area (Å²) < 4.78 is 22.2. The molecule has 0 aliphatic rings. The molecule has 5 heteroatoms. The van der Waals surface area contributed by atoms with Crippen LogP contribution in [0.2, 0.25) is 0 Å². The van der Waals surface area contributed by atoms with E-state index in [-0.39, 0.29) is 12.4 Å². The molecule has 0 saturated carbocycles. The molecule has 1 rings (SSSR count). The number of rotatable bonds is 4. The highest BCUT2D eigenvalue weighted by Crippen LogP contribution is 2.14. The molecule has 0 aromatic heterocycles. The summed E-state index contributed by atoms with van der Waals surface area (Å²) in [5.74, 6) is -0.897. The Balaban J connectivity index is 2.59. The number of alkyl halides is 1. The SMILES string of the molecule is CCOC(=O)C(F)Oc1ccc(C#N)cc1. The summed E-state index contributed by atoms with van der Waals surface area (Å²) in [6.45, 7) is 1.67. The molecular formula is C11H10FNO3. The highest BCUT2D eigenvalue weighted by atomic mass is 19.1. The van der Waals surface area contributed by atoms with Crippen molar-refractivity contribution in [3.63, 3.8) is 0 Å². The van der Waals surface area contributed by atoms with E-state index in [1.54, 1.807) is 6.92 Å². The molecule has 1 unspecified atom stereocenters. The van der Waals surface area contributed by atoms with Gasteiger partial charge in [0.1, 0.15) is 5.75 Å². The summed E-state index contributed by atoms with van der Waals surface area (Å²) >= 11 is 0. The van der Waals surface area contributed by atoms with E-state index in [1.807, 2.05) is 6.07 Å². The zero-order valence-corrected chi connectivity index (χ0v) is 8.64. The lowest BCUT2D eigenvalue weighted by atomic mass is 10.2. The molecule has 0 N–H and O–H groups in total. The lowest BCUT2D eigenvalue weighted by molar-refractivity contribution is -0.159. The summed E-state index contributed by atoms with van der Waals surface area (Å²) in [6, 6.07) is 7.65. The summed E-state index contributed by atoms with van der Waals surface area (Å²) in [7, 11) is 0. The van der Waals surface area contributed by atoms with E-state index in [2.05, 4.69) is 9.47 Å². The normalized spacial score (nSPS) is 11.3. The van der Waals surface area contributed by atoms with Crippen LogP contribution in [0.25, 0.3) is 0 Å². The molecular weight excluding hydrogens is 213 g/mol. The molecule has 0 spiro atoms. The molecule has 0 aliphatic heterocycles. The number of esters is 1. The predicted molar refractivity (Wildman–Crippen MR) is 53.3 cm³/mol. The van der Waals surface area contributed by atoms with Crippen LogP contribution in [-0.4, -0.2) is 18.9 Å². The van der Waals surface area contributed by atoms with Gasteiger partial charge in [0, 0.05) is 0 Å². The number of hydrogen-bond donors (Lipinski definition) is 0. The van der Waals surface area contributed by atoms with Crippen LogP contribution in [0.4, 0.5) is 4.39 Å². The number of carbonyl (C=O) groups is 1. The highest BCUT2D eigenvalue weighted by molar-refractivity contribution is 5.73. The first-order chi connectivity index (χ1) is 7.67. The molecule has 1 atom stereocenters. The smallest absolute Gasteiger partial charge is 0.381 e. The molecule has 0 bridgehead atoms. The van der Waals surface area contributed by atoms with Crippen LogP contribution in [0.5, 0.6) is 5.75 Å². The van der Waals surface area contributed by atoms with E-state index in [9.17, 15) is 9.18 Å². The lowest BCUT2D eigenvalue weighted by Gasteiger charge is -2.09. The van der Waals surface area contributed by atoms with Gasteiger partial charge in [-0.1, -0.05) is 0 Å². The maximum atomic E-state index is 13.1. The summed E-state index contributed by atoms with van der Waals surface area (Å²) in [5.41, 5.74) is 0.430. The van der Waals surface area contributed by atoms with Gasteiger partial charge in [0.05, 0.1) is 18.2 Å². The monoisotopic (exact) mass is 223 g/mol. The van der Waals surface area contributed by atoms with Gasteiger partial charge in [-0.05, 0) is 31.2 Å². The number of nitrogens with zero attached hydrogens (tertiary/aromatic N) is 1. The van der Waals surface area contributed by atoms with Gasteiger partial charge in [-0.25, -0.2) is 4.79 Å². The molecule has 4 nitrogen and oxygen atoms in total. The van der Waals surface area contributed by atoms with E-state index in [1.165, 1.54) is 24.3 Å². The van der Waals surface area contributed by atoms with E-state index < -0.39 is 12.3 Å². The molecule has 0 amide bonds. The molecule has 0 saturated heterocycles. The molecule has 16 heavy (non-hydrogen) atoms. The highest BCUT2D eigenvalue weighted by Gasteiger charge is 2.20. The number of hydrogen-bond acceptors (Lipinski definition) is 4. The van der Waals surface area contributed by atoms with Crippen molar-refractivity contribution in [1.29, 1.82) is 5.26 Å². The van der Waals surface area contributed by atoms with E-state index in [0.717, 1.165) is 0 Å². The molecule has 0 aliphatic carbocycles. The first kappa shape index (κ1) is 12.0. The quantitative estimate of drug-likeness (QED) is 0.730. The number of nitriles is 1. The third-order valence-electron chi connectivity index (χ3n) is 1.69. The van der Waals surface area contributed by atoms with Crippen molar-refractivity contribution in [1.82, 2.24) is 0 Å². The minimum absolute atomic E-state index is 0.0932. The van der Waals surface area contributed by atoms with E-state index >= 15 is 0 Å². The Bertz CT molecular complexity index is 397. The van der Waals surface area contributed by atoms with Crippen LogP contribution >= 0.6 is 0 Å². The first-order valence-corrected chi connectivity index (χ1v) is 4.65. The predicted octanol–water partition coefficient (Wildman–Crippen LogP) is 1.80. The van der Waals surface area contributed by atoms with Gasteiger partial charge in [0.25, 0.3) is 0 Å². The average Bonchev–Trinajstić information content (AvgIpc) is 2.30. The summed E-state index contributed by atoms with van der Waals surface area (Å²) in [5, 5.41) is 8.53. The molecule has 84 valence electrons. The molecule has 0 heterocycles. The molecule has 0 fully saturated rings. The second kappa shape index (κ2) is 5.71. The topological polar surface area (TPSA) is 59.3 Å². The largest absolute Gasteiger partial charge is 0.461 e. The van der Waals surface area contributed by atoms with Crippen LogP contribution in [0.3, 0.4) is 0 Å².